The van der Waals surface area contributed by atoms with E-state index in [1.54, 1.807) is 24.3 Å². The van der Waals surface area contributed by atoms with Crippen LogP contribution in [0.15, 0.2) is 24.3 Å². The maximum atomic E-state index is 11.5. The Balaban J connectivity index is 2.60. The summed E-state index contributed by atoms with van der Waals surface area (Å²) in [5, 5.41) is 11.3. The molecule has 1 aromatic rings. The molecule has 5 nitrogen and oxygen atoms in total. The largest absolute Gasteiger partial charge is 0.481 e. The molecule has 1 rings (SSSR count). The standard InChI is InChI=1S/C13H15NO4/c1-8(13(17)18)7-12(16)14-11-5-3-10(4-6-11)9(2)15/h3-6,8H,7H2,1-2H3,(H,14,16)(H,17,18). The normalized spacial score (nSPS) is 11.7. The van der Waals surface area contributed by atoms with E-state index in [9.17, 15) is 14.4 Å². The summed E-state index contributed by atoms with van der Waals surface area (Å²) in [5.41, 5.74) is 1.11. The number of anilines is 1. The molecule has 0 aliphatic carbocycles. The number of ketones is 1. The van der Waals surface area contributed by atoms with Crippen molar-refractivity contribution >= 4 is 23.3 Å². The van der Waals surface area contributed by atoms with Crippen LogP contribution in [0.5, 0.6) is 0 Å². The van der Waals surface area contributed by atoms with Crippen LogP contribution in [0.1, 0.15) is 30.6 Å². The Morgan fingerprint density at radius 2 is 1.78 bits per heavy atom. The van der Waals surface area contributed by atoms with Crippen molar-refractivity contribution < 1.29 is 19.5 Å². The van der Waals surface area contributed by atoms with Gasteiger partial charge in [-0.1, -0.05) is 6.92 Å². The zero-order chi connectivity index (χ0) is 13.7. The molecule has 18 heavy (non-hydrogen) atoms. The van der Waals surface area contributed by atoms with Gasteiger partial charge < -0.3 is 10.4 Å². The van der Waals surface area contributed by atoms with Crippen molar-refractivity contribution in [2.45, 2.75) is 20.3 Å². The smallest absolute Gasteiger partial charge is 0.306 e. The van der Waals surface area contributed by atoms with Crippen molar-refractivity contribution in [3.63, 3.8) is 0 Å². The number of Topliss-reactive ketones (excluding diaryl/α,β-unsaturated/α-hetero) is 1. The predicted octanol–water partition coefficient (Wildman–Crippen LogP) is 1.94. The van der Waals surface area contributed by atoms with Crippen LogP contribution in [0, 0.1) is 5.92 Å². The highest BCUT2D eigenvalue weighted by molar-refractivity contribution is 5.96. The van der Waals surface area contributed by atoms with Gasteiger partial charge in [-0.15, -0.1) is 0 Å². The lowest BCUT2D eigenvalue weighted by Crippen LogP contribution is -2.19. The summed E-state index contributed by atoms with van der Waals surface area (Å²) in [6, 6.07) is 6.44. The molecule has 0 bridgehead atoms. The Morgan fingerprint density at radius 3 is 2.22 bits per heavy atom. The van der Waals surface area contributed by atoms with Gasteiger partial charge in [0.1, 0.15) is 0 Å². The van der Waals surface area contributed by atoms with Crippen LogP contribution in [0.25, 0.3) is 0 Å². The third-order valence-corrected chi connectivity index (χ3v) is 2.49. The van der Waals surface area contributed by atoms with Crippen LogP contribution in [0.3, 0.4) is 0 Å². The summed E-state index contributed by atoms with van der Waals surface area (Å²) in [6.07, 6.45) is -0.0796. The first kappa shape index (κ1) is 13.9. The van der Waals surface area contributed by atoms with Crippen LogP contribution in [0.2, 0.25) is 0 Å². The molecular weight excluding hydrogens is 234 g/mol. The number of carboxylic acids is 1. The van der Waals surface area contributed by atoms with Crippen molar-refractivity contribution in [2.24, 2.45) is 5.92 Å². The van der Waals surface area contributed by atoms with Crippen LogP contribution in [-0.4, -0.2) is 22.8 Å². The topological polar surface area (TPSA) is 83.5 Å². The first-order valence-corrected chi connectivity index (χ1v) is 5.54. The predicted molar refractivity (Wildman–Crippen MR) is 66.5 cm³/mol. The Kier molecular flexibility index (Phi) is 4.59. The number of amides is 1. The summed E-state index contributed by atoms with van der Waals surface area (Å²) in [6.45, 7) is 2.93. The van der Waals surface area contributed by atoms with E-state index in [0.29, 0.717) is 11.3 Å². The first-order valence-electron chi connectivity index (χ1n) is 5.54. The van der Waals surface area contributed by atoms with E-state index in [-0.39, 0.29) is 18.1 Å². The van der Waals surface area contributed by atoms with Crippen molar-refractivity contribution in [1.82, 2.24) is 0 Å². The first-order chi connectivity index (χ1) is 8.40. The number of aliphatic carboxylic acids is 1. The minimum Gasteiger partial charge on any atom is -0.481 e. The lowest BCUT2D eigenvalue weighted by Gasteiger charge is -2.08. The third kappa shape index (κ3) is 4.01. The quantitative estimate of drug-likeness (QED) is 0.781. The number of hydrogen-bond acceptors (Lipinski definition) is 3. The number of benzene rings is 1. The third-order valence-electron chi connectivity index (χ3n) is 2.49. The zero-order valence-electron chi connectivity index (χ0n) is 10.3. The number of carboxylic acid groups (broad SMARTS) is 1. The second-order valence-electron chi connectivity index (χ2n) is 4.13. The van der Waals surface area contributed by atoms with E-state index in [1.807, 2.05) is 0 Å². The highest BCUT2D eigenvalue weighted by Gasteiger charge is 2.15. The van der Waals surface area contributed by atoms with E-state index in [1.165, 1.54) is 13.8 Å². The van der Waals surface area contributed by atoms with E-state index < -0.39 is 11.9 Å². The van der Waals surface area contributed by atoms with Crippen LogP contribution >= 0.6 is 0 Å². The van der Waals surface area contributed by atoms with Gasteiger partial charge in [0.2, 0.25) is 5.91 Å². The molecular formula is C13H15NO4. The fraction of sp³-hybridized carbons (Fsp3) is 0.308. The van der Waals surface area contributed by atoms with Gasteiger partial charge in [0, 0.05) is 17.7 Å². The van der Waals surface area contributed by atoms with Gasteiger partial charge in [0.05, 0.1) is 5.92 Å². The molecule has 0 aliphatic rings. The van der Waals surface area contributed by atoms with Crippen molar-refractivity contribution in [1.29, 1.82) is 0 Å². The highest BCUT2D eigenvalue weighted by Crippen LogP contribution is 2.11. The molecule has 1 amide bonds. The van der Waals surface area contributed by atoms with E-state index in [2.05, 4.69) is 5.32 Å². The Bertz CT molecular complexity index is 464. The summed E-state index contributed by atoms with van der Waals surface area (Å²) in [4.78, 5) is 33.1. The molecule has 2 N–H and O–H groups in total. The molecule has 0 spiro atoms. The second-order valence-corrected chi connectivity index (χ2v) is 4.13. The maximum Gasteiger partial charge on any atom is 0.306 e. The Labute approximate surface area is 105 Å². The molecule has 0 aliphatic heterocycles. The number of rotatable bonds is 5. The van der Waals surface area contributed by atoms with Gasteiger partial charge in [0.25, 0.3) is 0 Å². The molecule has 96 valence electrons. The minimum absolute atomic E-state index is 0.0487. The van der Waals surface area contributed by atoms with Gasteiger partial charge in [0.15, 0.2) is 5.78 Å². The van der Waals surface area contributed by atoms with Gasteiger partial charge in [-0.05, 0) is 31.2 Å². The average molecular weight is 249 g/mol. The zero-order valence-corrected chi connectivity index (χ0v) is 10.3. The maximum absolute atomic E-state index is 11.5. The molecule has 5 heteroatoms. The highest BCUT2D eigenvalue weighted by atomic mass is 16.4. The number of carbonyl (C=O) groups is 3. The lowest BCUT2D eigenvalue weighted by molar-refractivity contribution is -0.142. The van der Waals surface area contributed by atoms with Crippen LogP contribution in [-0.2, 0) is 9.59 Å². The Morgan fingerprint density at radius 1 is 1.22 bits per heavy atom. The molecule has 0 saturated heterocycles. The fourth-order valence-electron chi connectivity index (χ4n) is 1.37. The van der Waals surface area contributed by atoms with E-state index in [4.69, 9.17) is 5.11 Å². The fourth-order valence-corrected chi connectivity index (χ4v) is 1.37. The summed E-state index contributed by atoms with van der Waals surface area (Å²) in [7, 11) is 0. The Hall–Kier alpha value is -2.17. The van der Waals surface area contributed by atoms with E-state index in [0.717, 1.165) is 0 Å². The summed E-state index contributed by atoms with van der Waals surface area (Å²) < 4.78 is 0. The average Bonchev–Trinajstić information content (AvgIpc) is 2.29. The second kappa shape index (κ2) is 5.95. The van der Waals surface area contributed by atoms with Gasteiger partial charge in [-0.3, -0.25) is 14.4 Å². The molecule has 0 fully saturated rings. The van der Waals surface area contributed by atoms with Crippen molar-refractivity contribution in [3.8, 4) is 0 Å². The molecule has 0 saturated carbocycles. The molecule has 0 aromatic heterocycles. The number of hydrogen-bond donors (Lipinski definition) is 2. The molecule has 0 radical (unpaired) electrons. The lowest BCUT2D eigenvalue weighted by atomic mass is 10.1. The number of carbonyl (C=O) groups excluding carboxylic acids is 2. The van der Waals surface area contributed by atoms with Crippen molar-refractivity contribution in [3.05, 3.63) is 29.8 Å². The molecule has 1 atom stereocenters. The number of nitrogens with one attached hydrogen (secondary N) is 1. The summed E-state index contributed by atoms with van der Waals surface area (Å²) >= 11 is 0. The monoisotopic (exact) mass is 249 g/mol. The molecule has 0 heterocycles. The van der Waals surface area contributed by atoms with Gasteiger partial charge in [-0.2, -0.15) is 0 Å². The van der Waals surface area contributed by atoms with Gasteiger partial charge >= 0.3 is 5.97 Å². The SMILES string of the molecule is CC(=O)c1ccc(NC(=O)CC(C)C(=O)O)cc1. The van der Waals surface area contributed by atoms with Crippen LogP contribution in [0.4, 0.5) is 5.69 Å². The van der Waals surface area contributed by atoms with Crippen LogP contribution < -0.4 is 5.32 Å². The van der Waals surface area contributed by atoms with Gasteiger partial charge in [-0.25, -0.2) is 0 Å². The molecule has 1 aromatic carbocycles. The van der Waals surface area contributed by atoms with E-state index >= 15 is 0 Å². The molecule has 1 unspecified atom stereocenters. The summed E-state index contributed by atoms with van der Waals surface area (Å²) in [5.74, 6) is -2.13. The van der Waals surface area contributed by atoms with Crippen molar-refractivity contribution in [2.75, 3.05) is 5.32 Å². The minimum atomic E-state index is -1.00.